The van der Waals surface area contributed by atoms with Crippen molar-refractivity contribution in [2.24, 2.45) is 52.3 Å². The van der Waals surface area contributed by atoms with Gasteiger partial charge in [-0.05, 0) is 144 Å². The number of rotatable bonds is 4. The third-order valence-corrected chi connectivity index (χ3v) is 14.9. The van der Waals surface area contributed by atoms with Crippen LogP contribution < -0.4 is 16.0 Å². The topological polar surface area (TPSA) is 82.7 Å². The van der Waals surface area contributed by atoms with Gasteiger partial charge in [0.25, 0.3) is 0 Å². The predicted octanol–water partition coefficient (Wildman–Crippen LogP) is 5.09. The van der Waals surface area contributed by atoms with Crippen molar-refractivity contribution < 1.29 is 14.3 Å². The number of hydrogen-bond donors (Lipinski definition) is 3. The van der Waals surface area contributed by atoms with E-state index >= 15 is 0 Å². The molecule has 3 saturated heterocycles. The summed E-state index contributed by atoms with van der Waals surface area (Å²) >= 11 is 0. The van der Waals surface area contributed by atoms with Gasteiger partial charge in [0.05, 0.1) is 6.10 Å². The van der Waals surface area contributed by atoms with Crippen molar-refractivity contribution in [2.75, 3.05) is 26.7 Å². The molecule has 0 unspecified atom stereocenters. The Kier molecular flexibility index (Phi) is 7.98. The maximum Gasteiger partial charge on any atom is 0.229 e. The molecule has 0 bridgehead atoms. The van der Waals surface area contributed by atoms with Crippen molar-refractivity contribution in [3.05, 3.63) is 0 Å². The molecule has 3 heterocycles. The summed E-state index contributed by atoms with van der Waals surface area (Å²) in [6.07, 6.45) is 14.8. The molecule has 7 nitrogen and oxygen atoms in total. The van der Waals surface area contributed by atoms with E-state index in [2.05, 4.69) is 55.6 Å². The van der Waals surface area contributed by atoms with Crippen LogP contribution in [0.2, 0.25) is 0 Å². The number of nitrogens with zero attached hydrogens (tertiary/aromatic N) is 1. The molecule has 2 amide bonds. The van der Waals surface area contributed by atoms with E-state index in [-0.39, 0.29) is 36.0 Å². The zero-order valence-electron chi connectivity index (χ0n) is 27.8. The number of fused-ring (bicyclic) bond motifs is 7. The molecule has 43 heavy (non-hydrogen) atoms. The second-order valence-electron chi connectivity index (χ2n) is 17.2. The molecule has 3 N–H and O–H groups in total. The van der Waals surface area contributed by atoms with E-state index in [1.807, 2.05) is 0 Å². The lowest BCUT2D eigenvalue weighted by molar-refractivity contribution is -0.137. The van der Waals surface area contributed by atoms with Crippen molar-refractivity contribution in [1.82, 2.24) is 20.9 Å². The van der Waals surface area contributed by atoms with Gasteiger partial charge in [-0.1, -0.05) is 27.7 Å². The lowest BCUT2D eigenvalue weighted by atomic mass is 9.44. The molecular weight excluding hydrogens is 536 g/mol. The standard InChI is InChI=1S/C36H60N4O3/c1-22-8-15-36(37-21-22)23(2)33-30(43-36)19-29-27-7-6-24-18-26(9-13-34(24,3)28(27)10-14-35(29,33)4)39-32(42)20-31(41)38-25-11-16-40(5)17-12-25/h22-30,33,37H,6-21H2,1-5H3,(H,38,41)(H,39,42)/t22-,23+,24+,26-,27-,28+,29+,30+,33+,34+,35+,36-/m1/s1. The van der Waals surface area contributed by atoms with Crippen LogP contribution in [0.3, 0.4) is 0 Å². The van der Waals surface area contributed by atoms with Crippen molar-refractivity contribution in [1.29, 1.82) is 0 Å². The minimum Gasteiger partial charge on any atom is -0.357 e. The molecule has 0 aromatic heterocycles. The largest absolute Gasteiger partial charge is 0.357 e. The summed E-state index contributed by atoms with van der Waals surface area (Å²) in [5.41, 5.74) is 0.706. The average molecular weight is 597 g/mol. The maximum atomic E-state index is 12.9. The Labute approximate surface area is 260 Å². The Morgan fingerprint density at radius 1 is 0.837 bits per heavy atom. The molecular formula is C36H60N4O3. The van der Waals surface area contributed by atoms with Gasteiger partial charge >= 0.3 is 0 Å². The molecule has 0 radical (unpaired) electrons. The smallest absolute Gasteiger partial charge is 0.229 e. The number of likely N-dealkylation sites (tertiary alicyclic amines) is 1. The van der Waals surface area contributed by atoms with E-state index in [1.54, 1.807) is 0 Å². The first-order valence-corrected chi connectivity index (χ1v) is 18.2. The lowest BCUT2D eigenvalue weighted by Gasteiger charge is -2.61. The SMILES string of the molecule is C[C@@H]1CC[C@@]2(NC1)O[C@H]1C[C@H]3[C@@H]4CC[C@H]5C[C@H](NC(=O)CC(=O)NC6CCN(C)CC6)CC[C@]5(C)[C@H]4CC[C@]3(C)[C@H]1[C@@H]2C. The Morgan fingerprint density at radius 3 is 2.28 bits per heavy atom. The third-order valence-electron chi connectivity index (χ3n) is 14.9. The highest BCUT2D eigenvalue weighted by molar-refractivity contribution is 5.97. The van der Waals surface area contributed by atoms with Gasteiger partial charge in [-0.3, -0.25) is 14.9 Å². The number of nitrogens with one attached hydrogen (secondary N) is 3. The lowest BCUT2D eigenvalue weighted by Crippen LogP contribution is -2.58. The van der Waals surface area contributed by atoms with E-state index < -0.39 is 0 Å². The van der Waals surface area contributed by atoms with Crippen LogP contribution in [0.15, 0.2) is 0 Å². The van der Waals surface area contributed by atoms with Crippen molar-refractivity contribution in [3.63, 3.8) is 0 Å². The highest BCUT2D eigenvalue weighted by Gasteiger charge is 2.68. The van der Waals surface area contributed by atoms with Gasteiger partial charge in [-0.25, -0.2) is 0 Å². The van der Waals surface area contributed by atoms with Crippen molar-refractivity contribution in [2.45, 2.75) is 135 Å². The Hall–Kier alpha value is -1.18. The first kappa shape index (κ1) is 30.5. The normalized spacial score (nSPS) is 49.9. The van der Waals surface area contributed by atoms with Crippen molar-refractivity contribution in [3.8, 4) is 0 Å². The zero-order valence-corrected chi connectivity index (χ0v) is 27.8. The van der Waals surface area contributed by atoms with Crippen LogP contribution >= 0.6 is 0 Å². The number of amides is 2. The summed E-state index contributed by atoms with van der Waals surface area (Å²) in [7, 11) is 2.12. The molecule has 4 aliphatic carbocycles. The Morgan fingerprint density at radius 2 is 1.56 bits per heavy atom. The summed E-state index contributed by atoms with van der Waals surface area (Å²) in [5, 5.41) is 10.3. The van der Waals surface area contributed by atoms with Gasteiger partial charge in [0.1, 0.15) is 12.1 Å². The van der Waals surface area contributed by atoms with Gasteiger partial charge in [-0.2, -0.15) is 0 Å². The van der Waals surface area contributed by atoms with Crippen LogP contribution in [-0.4, -0.2) is 67.3 Å². The van der Waals surface area contributed by atoms with E-state index in [1.165, 1.54) is 51.4 Å². The van der Waals surface area contributed by atoms with Crippen LogP contribution in [0.1, 0.15) is 111 Å². The highest BCUT2D eigenvalue weighted by atomic mass is 16.5. The molecule has 7 aliphatic rings. The van der Waals surface area contributed by atoms with Crippen molar-refractivity contribution >= 4 is 11.8 Å². The monoisotopic (exact) mass is 596 g/mol. The molecule has 0 aromatic carbocycles. The molecule has 4 saturated carbocycles. The van der Waals surface area contributed by atoms with Crippen LogP contribution in [0, 0.1) is 52.3 Å². The van der Waals surface area contributed by atoms with Crippen LogP contribution in [-0.2, 0) is 14.3 Å². The summed E-state index contributed by atoms with van der Waals surface area (Å²) in [4.78, 5) is 27.8. The number of hydrogen-bond acceptors (Lipinski definition) is 5. The summed E-state index contributed by atoms with van der Waals surface area (Å²) in [6.45, 7) is 13.3. The Bertz CT molecular complexity index is 1070. The molecule has 7 fully saturated rings. The molecule has 242 valence electrons. The highest BCUT2D eigenvalue weighted by Crippen LogP contribution is 2.71. The maximum absolute atomic E-state index is 12.9. The van der Waals surface area contributed by atoms with Crippen LogP contribution in [0.25, 0.3) is 0 Å². The van der Waals surface area contributed by atoms with E-state index in [4.69, 9.17) is 4.74 Å². The molecule has 3 aliphatic heterocycles. The fraction of sp³-hybridized carbons (Fsp3) is 0.944. The predicted molar refractivity (Wildman–Crippen MR) is 169 cm³/mol. The molecule has 1 spiro atoms. The number of piperidine rings is 2. The van der Waals surface area contributed by atoms with Crippen LogP contribution in [0.4, 0.5) is 0 Å². The molecule has 0 aromatic rings. The van der Waals surface area contributed by atoms with Gasteiger partial charge in [0.2, 0.25) is 11.8 Å². The average Bonchev–Trinajstić information content (AvgIpc) is 3.41. The van der Waals surface area contributed by atoms with E-state index in [9.17, 15) is 9.59 Å². The Balaban J connectivity index is 0.948. The first-order valence-electron chi connectivity index (χ1n) is 18.2. The van der Waals surface area contributed by atoms with Gasteiger partial charge in [-0.15, -0.1) is 0 Å². The molecule has 7 rings (SSSR count). The van der Waals surface area contributed by atoms with Gasteiger partial charge in [0, 0.05) is 24.5 Å². The minimum absolute atomic E-state index is 0.0333. The van der Waals surface area contributed by atoms with Crippen LogP contribution in [0.5, 0.6) is 0 Å². The fourth-order valence-electron chi connectivity index (χ4n) is 12.4. The second-order valence-corrected chi connectivity index (χ2v) is 17.2. The van der Waals surface area contributed by atoms with E-state index in [0.29, 0.717) is 34.7 Å². The quantitative estimate of drug-likeness (QED) is 0.394. The number of carbonyl (C=O) groups is 2. The molecule has 7 heteroatoms. The summed E-state index contributed by atoms with van der Waals surface area (Å²) in [5.74, 6) is 4.93. The van der Waals surface area contributed by atoms with E-state index in [0.717, 1.165) is 69.0 Å². The van der Waals surface area contributed by atoms with Gasteiger partial charge < -0.3 is 20.3 Å². The molecule has 12 atom stereocenters. The van der Waals surface area contributed by atoms with Gasteiger partial charge in [0.15, 0.2) is 0 Å². The minimum atomic E-state index is -0.113. The second kappa shape index (κ2) is 11.3. The third kappa shape index (κ3) is 5.19. The first-order chi connectivity index (χ1) is 20.5. The fourth-order valence-corrected chi connectivity index (χ4v) is 12.4. The summed E-state index contributed by atoms with van der Waals surface area (Å²) in [6, 6.07) is 0.427. The number of ether oxygens (including phenoxy) is 1. The zero-order chi connectivity index (χ0) is 30.1. The number of carbonyl (C=O) groups excluding carboxylic acids is 2. The summed E-state index contributed by atoms with van der Waals surface area (Å²) < 4.78 is 7.09.